The largest absolute Gasteiger partial charge is 0.496 e. The molecule has 0 spiro atoms. The zero-order valence-electron chi connectivity index (χ0n) is 18.5. The van der Waals surface area contributed by atoms with E-state index in [4.69, 9.17) is 14.2 Å². The van der Waals surface area contributed by atoms with Crippen molar-refractivity contribution in [3.63, 3.8) is 0 Å². The molecule has 2 heterocycles. The first-order chi connectivity index (χ1) is 15.2. The maximum absolute atomic E-state index is 13.3. The summed E-state index contributed by atoms with van der Waals surface area (Å²) in [6.07, 6.45) is 0.471. The van der Waals surface area contributed by atoms with E-state index in [1.807, 2.05) is 38.1 Å². The van der Waals surface area contributed by atoms with Gasteiger partial charge in [0.25, 0.3) is 5.91 Å². The van der Waals surface area contributed by atoms with Crippen LogP contribution in [-0.4, -0.2) is 58.2 Å². The van der Waals surface area contributed by atoms with Crippen molar-refractivity contribution in [3.8, 4) is 11.5 Å². The van der Waals surface area contributed by atoms with Crippen molar-refractivity contribution in [1.82, 2.24) is 9.62 Å². The summed E-state index contributed by atoms with van der Waals surface area (Å²) in [6.45, 7) is 5.66. The number of methoxy groups -OCH3 is 1. The van der Waals surface area contributed by atoms with Crippen LogP contribution >= 0.6 is 0 Å². The van der Waals surface area contributed by atoms with E-state index in [0.717, 1.165) is 5.56 Å². The van der Waals surface area contributed by atoms with Gasteiger partial charge in [-0.3, -0.25) is 4.79 Å². The molecule has 1 saturated heterocycles. The van der Waals surface area contributed by atoms with Gasteiger partial charge in [0.15, 0.2) is 0 Å². The molecule has 8 nitrogen and oxygen atoms in total. The smallest absolute Gasteiger partial charge is 0.257 e. The summed E-state index contributed by atoms with van der Waals surface area (Å²) in [7, 11) is -2.46. The number of hydrogen-bond acceptors (Lipinski definition) is 6. The van der Waals surface area contributed by atoms with Gasteiger partial charge in [0.05, 0.1) is 36.8 Å². The van der Waals surface area contributed by atoms with Crippen molar-refractivity contribution in [3.05, 3.63) is 53.6 Å². The first-order valence-corrected chi connectivity index (χ1v) is 12.0. The minimum absolute atomic E-state index is 0.0108. The zero-order chi connectivity index (χ0) is 22.9. The maximum atomic E-state index is 13.3. The topological polar surface area (TPSA) is 94.2 Å². The number of ether oxygens (including phenoxy) is 3. The van der Waals surface area contributed by atoms with Gasteiger partial charge < -0.3 is 19.1 Å². The van der Waals surface area contributed by atoms with Crippen LogP contribution in [-0.2, 0) is 14.8 Å². The van der Waals surface area contributed by atoms with Gasteiger partial charge in [-0.25, -0.2) is 13.1 Å². The van der Waals surface area contributed by atoms with Gasteiger partial charge in [0.1, 0.15) is 17.1 Å². The van der Waals surface area contributed by atoms with Crippen molar-refractivity contribution < 1.29 is 27.4 Å². The number of fused-ring (bicyclic) bond motifs is 1. The van der Waals surface area contributed by atoms with Crippen LogP contribution in [0.4, 0.5) is 0 Å². The van der Waals surface area contributed by atoms with Gasteiger partial charge in [-0.15, -0.1) is 0 Å². The van der Waals surface area contributed by atoms with Crippen LogP contribution in [0.15, 0.2) is 47.4 Å². The number of carbonyl (C=O) groups excluding carboxylic acids is 1. The lowest BCUT2D eigenvalue weighted by atomic mass is 9.90. The molecule has 1 atom stereocenters. The van der Waals surface area contributed by atoms with Crippen LogP contribution < -0.4 is 14.2 Å². The lowest BCUT2D eigenvalue weighted by Crippen LogP contribution is -2.41. The number of sulfonamides is 1. The van der Waals surface area contributed by atoms with Crippen molar-refractivity contribution >= 4 is 15.9 Å². The molecule has 0 aromatic heterocycles. The Morgan fingerprint density at radius 2 is 1.88 bits per heavy atom. The van der Waals surface area contributed by atoms with E-state index in [-0.39, 0.29) is 16.4 Å². The SMILES string of the molecule is COc1ccc(S(=O)(=O)N[C@H]2CC(C)(C)Oc3ccccc32)cc1C(=O)N1CCOCC1. The predicted octanol–water partition coefficient (Wildman–Crippen LogP) is 2.75. The molecule has 0 unspecified atom stereocenters. The third kappa shape index (κ3) is 4.60. The number of nitrogens with one attached hydrogen (secondary N) is 1. The maximum Gasteiger partial charge on any atom is 0.257 e. The molecule has 2 aliphatic heterocycles. The minimum atomic E-state index is -3.92. The molecule has 0 radical (unpaired) electrons. The molecular formula is C23H28N2O6S. The van der Waals surface area contributed by atoms with Gasteiger partial charge in [-0.05, 0) is 38.1 Å². The molecule has 0 bridgehead atoms. The fourth-order valence-electron chi connectivity index (χ4n) is 4.12. The van der Waals surface area contributed by atoms with Crippen molar-refractivity contribution in [2.24, 2.45) is 0 Å². The lowest BCUT2D eigenvalue weighted by Gasteiger charge is -2.37. The number of amides is 1. The second-order valence-corrected chi connectivity index (χ2v) is 10.3. The van der Waals surface area contributed by atoms with E-state index >= 15 is 0 Å². The monoisotopic (exact) mass is 460 g/mol. The standard InChI is InChI=1S/C23H28N2O6S/c1-23(2)15-19(17-6-4-5-7-21(17)31-23)24-32(27,28)16-8-9-20(29-3)18(14-16)22(26)25-10-12-30-13-11-25/h4-9,14,19,24H,10-13,15H2,1-3H3/t19-/m0/s1. The van der Waals surface area contributed by atoms with Gasteiger partial charge >= 0.3 is 0 Å². The average Bonchev–Trinajstić information content (AvgIpc) is 2.77. The number of morpholine rings is 1. The molecule has 1 fully saturated rings. The predicted molar refractivity (Wildman–Crippen MR) is 119 cm³/mol. The van der Waals surface area contributed by atoms with Crippen LogP contribution in [0.2, 0.25) is 0 Å². The Kier molecular flexibility index (Phi) is 6.15. The molecule has 32 heavy (non-hydrogen) atoms. The van der Waals surface area contributed by atoms with Gasteiger partial charge in [0, 0.05) is 25.1 Å². The Hall–Kier alpha value is -2.62. The van der Waals surface area contributed by atoms with Crippen LogP contribution in [0.25, 0.3) is 0 Å². The number of benzene rings is 2. The third-order valence-corrected chi connectivity index (χ3v) is 7.15. The van der Waals surface area contributed by atoms with Gasteiger partial charge in [0.2, 0.25) is 10.0 Å². The van der Waals surface area contributed by atoms with E-state index in [1.165, 1.54) is 25.3 Å². The Morgan fingerprint density at radius 3 is 2.59 bits per heavy atom. The normalized spacial score (nSPS) is 20.2. The molecule has 172 valence electrons. The first kappa shape index (κ1) is 22.6. The molecule has 2 aromatic carbocycles. The van der Waals surface area contributed by atoms with E-state index in [2.05, 4.69) is 4.72 Å². The number of hydrogen-bond donors (Lipinski definition) is 1. The fraction of sp³-hybridized carbons (Fsp3) is 0.435. The van der Waals surface area contributed by atoms with Crippen LogP contribution in [0.1, 0.15) is 42.2 Å². The van der Waals surface area contributed by atoms with Crippen molar-refractivity contribution in [2.75, 3.05) is 33.4 Å². The molecule has 1 N–H and O–H groups in total. The summed E-state index contributed by atoms with van der Waals surface area (Å²) < 4.78 is 46.1. The second-order valence-electron chi connectivity index (χ2n) is 8.54. The van der Waals surface area contributed by atoms with E-state index in [1.54, 1.807) is 4.90 Å². The van der Waals surface area contributed by atoms with Gasteiger partial charge in [-0.1, -0.05) is 18.2 Å². The van der Waals surface area contributed by atoms with E-state index < -0.39 is 21.7 Å². The zero-order valence-corrected chi connectivity index (χ0v) is 19.3. The summed E-state index contributed by atoms with van der Waals surface area (Å²) in [5, 5.41) is 0. The average molecular weight is 461 g/mol. The van der Waals surface area contributed by atoms with Gasteiger partial charge in [-0.2, -0.15) is 0 Å². The summed E-state index contributed by atoms with van der Waals surface area (Å²) in [5.74, 6) is 0.715. The molecular weight excluding hydrogens is 432 g/mol. The van der Waals surface area contributed by atoms with Crippen molar-refractivity contribution in [2.45, 2.75) is 36.8 Å². The fourth-order valence-corrected chi connectivity index (χ4v) is 5.36. The molecule has 0 aliphatic carbocycles. The van der Waals surface area contributed by atoms with Crippen LogP contribution in [0.5, 0.6) is 11.5 Å². The highest BCUT2D eigenvalue weighted by Gasteiger charge is 2.36. The number of carbonyl (C=O) groups is 1. The Bertz CT molecular complexity index is 1110. The Morgan fingerprint density at radius 1 is 1.16 bits per heavy atom. The number of para-hydroxylation sites is 1. The Labute approximate surface area is 188 Å². The molecule has 1 amide bonds. The summed E-state index contributed by atoms with van der Waals surface area (Å²) >= 11 is 0. The van der Waals surface area contributed by atoms with Crippen LogP contribution in [0, 0.1) is 0 Å². The summed E-state index contributed by atoms with van der Waals surface area (Å²) in [5.41, 5.74) is 0.470. The second kappa shape index (κ2) is 8.73. The lowest BCUT2D eigenvalue weighted by molar-refractivity contribution is 0.0300. The minimum Gasteiger partial charge on any atom is -0.496 e. The molecule has 9 heteroatoms. The quantitative estimate of drug-likeness (QED) is 0.737. The first-order valence-electron chi connectivity index (χ1n) is 10.6. The molecule has 2 aliphatic rings. The summed E-state index contributed by atoms with van der Waals surface area (Å²) in [4.78, 5) is 14.7. The molecule has 0 saturated carbocycles. The Balaban J connectivity index is 1.65. The number of rotatable bonds is 5. The van der Waals surface area contributed by atoms with Crippen molar-refractivity contribution in [1.29, 1.82) is 0 Å². The third-order valence-electron chi connectivity index (χ3n) is 5.68. The summed E-state index contributed by atoms with van der Waals surface area (Å²) in [6, 6.07) is 11.3. The van der Waals surface area contributed by atoms with Crippen LogP contribution in [0.3, 0.4) is 0 Å². The van der Waals surface area contributed by atoms with E-state index in [0.29, 0.717) is 44.2 Å². The highest BCUT2D eigenvalue weighted by atomic mass is 32.2. The highest BCUT2D eigenvalue weighted by Crippen LogP contribution is 2.40. The number of nitrogens with zero attached hydrogens (tertiary/aromatic N) is 1. The highest BCUT2D eigenvalue weighted by molar-refractivity contribution is 7.89. The molecule has 4 rings (SSSR count). The van der Waals surface area contributed by atoms with E-state index in [9.17, 15) is 13.2 Å². The molecule has 2 aromatic rings.